The average molecular weight is 1160 g/mol. The van der Waals surface area contributed by atoms with Crippen molar-refractivity contribution in [3.8, 4) is 34.5 Å². The molecule has 0 amide bonds. The van der Waals surface area contributed by atoms with Crippen molar-refractivity contribution in [2.24, 2.45) is 0 Å². The Morgan fingerprint density at radius 1 is 0.433 bits per heavy atom. The van der Waals surface area contributed by atoms with Crippen molar-refractivity contribution in [2.75, 3.05) is 0 Å². The van der Waals surface area contributed by atoms with E-state index in [4.69, 9.17) is 14.2 Å². The smallest absolute Gasteiger partial charge is 0.155 e. The van der Waals surface area contributed by atoms with Crippen molar-refractivity contribution in [3.05, 3.63) is 57.7 Å². The van der Waals surface area contributed by atoms with Crippen LogP contribution in [0, 0.1) is 21.3 Å². The van der Waals surface area contributed by atoms with Gasteiger partial charge in [0.2, 0.25) is 0 Å². The maximum absolute atomic E-state index is 10.2. The predicted molar refractivity (Wildman–Crippen MR) is 102 cm³/mol. The molecule has 0 aliphatic rings. The summed E-state index contributed by atoms with van der Waals surface area (Å²) in [6, 6.07) is 9.47. The number of phenols is 3. The van der Waals surface area contributed by atoms with Gasteiger partial charge in [-0.3, -0.25) is 0 Å². The SMILES string of the molecule is [CH2-]Oc1cc2c(cc1O)c1cc(O[CH2-])c(O)cc1c1cc(O[CH2-])c(O)cc21.[Rf].[Rf].[Rf]. The van der Waals surface area contributed by atoms with Crippen LogP contribution >= 0.6 is 0 Å². The van der Waals surface area contributed by atoms with Gasteiger partial charge >= 0.3 is 0 Å². The molecule has 30 heavy (non-hydrogen) atoms. The summed E-state index contributed by atoms with van der Waals surface area (Å²) in [6.45, 7) is 0. The van der Waals surface area contributed by atoms with Crippen molar-refractivity contribution in [3.63, 3.8) is 0 Å². The van der Waals surface area contributed by atoms with Crippen LogP contribution in [-0.2, 0) is 0 Å². The molecule has 0 unspecified atom stereocenters. The molecule has 0 saturated carbocycles. The predicted octanol–water partition coefficient (Wildman–Crippen LogP) is 4.77. The zero-order valence-electron chi connectivity index (χ0n) is 16.3. The minimum atomic E-state index is -0.0924. The number of benzene rings is 4. The topological polar surface area (TPSA) is 88.4 Å². The summed E-state index contributed by atoms with van der Waals surface area (Å²) in [5.74, 6) is 0.286. The van der Waals surface area contributed by atoms with E-state index in [1.54, 1.807) is 18.2 Å². The van der Waals surface area contributed by atoms with E-state index in [2.05, 4.69) is 21.3 Å². The molecule has 0 fully saturated rings. The molecule has 4 aromatic rings. The Balaban J connectivity index is 0.00000150. The zero-order chi connectivity index (χ0) is 19.3. The molecular formula is C21H15O6Rf3-3. The van der Waals surface area contributed by atoms with Gasteiger partial charge in [0.15, 0.2) is 17.2 Å². The fourth-order valence-corrected chi connectivity index (χ4v) is 3.39. The Morgan fingerprint density at radius 2 is 0.633 bits per heavy atom. The molecule has 0 atom stereocenters. The first-order chi connectivity index (χ1) is 13.0. The van der Waals surface area contributed by atoms with Gasteiger partial charge in [-0.05, 0) is 68.7 Å². The normalized spacial score (nSPS) is 10.1. The van der Waals surface area contributed by atoms with E-state index in [9.17, 15) is 15.3 Å². The molecule has 0 heterocycles. The van der Waals surface area contributed by atoms with Gasteiger partial charge in [-0.15, -0.1) is 0 Å². The number of hydrogen-bond acceptors (Lipinski definition) is 6. The maximum Gasteiger partial charge on any atom is 0.155 e. The number of fused-ring (bicyclic) bond motifs is 6. The Hall–Kier alpha value is -6.54. The molecule has 3 N–H and O–H groups in total. The van der Waals surface area contributed by atoms with Gasteiger partial charge in [0.25, 0.3) is 0 Å². The van der Waals surface area contributed by atoms with Crippen LogP contribution in [0.5, 0.6) is 34.5 Å². The monoisotopic (exact) mass is 1160 g/mol. The Morgan fingerprint density at radius 3 is 0.833 bits per heavy atom. The van der Waals surface area contributed by atoms with E-state index >= 15 is 0 Å². The maximum atomic E-state index is 10.2. The van der Waals surface area contributed by atoms with Crippen LogP contribution in [0.2, 0.25) is 0 Å². The fraction of sp³-hybridized carbons (Fsp3) is 0. The summed E-state index contributed by atoms with van der Waals surface area (Å²) >= 11 is 0. The molecule has 0 aliphatic heterocycles. The summed E-state index contributed by atoms with van der Waals surface area (Å²) < 4.78 is 14.9. The fourth-order valence-electron chi connectivity index (χ4n) is 3.39. The van der Waals surface area contributed by atoms with Crippen LogP contribution < -0.4 is 14.2 Å². The van der Waals surface area contributed by atoms with Gasteiger partial charge in [0.05, 0.1) is 0 Å². The second-order valence-corrected chi connectivity index (χ2v) is 6.03. The third kappa shape index (κ3) is 2.54. The van der Waals surface area contributed by atoms with Gasteiger partial charge in [-0.1, -0.05) is 0 Å². The van der Waals surface area contributed by atoms with Crippen LogP contribution in [0.1, 0.15) is 0 Å². The van der Waals surface area contributed by atoms with Crippen molar-refractivity contribution in [1.82, 2.24) is 0 Å². The number of aromatic hydroxyl groups is 3. The van der Waals surface area contributed by atoms with Crippen molar-refractivity contribution < 1.29 is 29.5 Å². The molecule has 0 saturated heterocycles. The minimum Gasteiger partial charge on any atom is -0.663 e. The largest absolute Gasteiger partial charge is 0.663 e. The quantitative estimate of drug-likeness (QED) is 0.203. The first kappa shape index (κ1) is 21.5. The minimum absolute atomic E-state index is 0. The van der Waals surface area contributed by atoms with Gasteiger partial charge in [0.1, 0.15) is 17.2 Å². The molecule has 6 nitrogen and oxygen atoms in total. The van der Waals surface area contributed by atoms with Crippen molar-refractivity contribution in [2.45, 2.75) is 0 Å². The van der Waals surface area contributed by atoms with E-state index < -0.39 is 0 Å². The third-order valence-electron chi connectivity index (χ3n) is 4.63. The van der Waals surface area contributed by atoms with Crippen molar-refractivity contribution in [1.29, 1.82) is 0 Å². The second-order valence-electron chi connectivity index (χ2n) is 6.03. The second kappa shape index (κ2) is 6.99. The molecule has 0 spiro atoms. The van der Waals surface area contributed by atoms with E-state index in [1.165, 1.54) is 18.2 Å². The summed E-state index contributed by atoms with van der Waals surface area (Å²) in [4.78, 5) is 0. The van der Waals surface area contributed by atoms with E-state index in [0.717, 1.165) is 0 Å². The van der Waals surface area contributed by atoms with E-state index in [0.29, 0.717) is 32.3 Å². The van der Waals surface area contributed by atoms with Crippen molar-refractivity contribution >= 4 is 32.3 Å². The number of phenolic OH excluding ortho intramolecular Hbond substituents is 3. The summed E-state index contributed by atoms with van der Waals surface area (Å²) in [5.41, 5.74) is 0. The third-order valence-corrected chi connectivity index (χ3v) is 4.63. The molecule has 4 rings (SSSR count). The number of hydrogen-bond donors (Lipinski definition) is 3. The molecule has 0 aromatic heterocycles. The van der Waals surface area contributed by atoms with Crippen LogP contribution in [0.25, 0.3) is 32.3 Å². The van der Waals surface area contributed by atoms with Crippen LogP contribution in [-0.4, -0.2) is 15.3 Å². The number of ether oxygens (including phenoxy) is 3. The molecular weight excluding hydrogens is 1150 g/mol. The standard InChI is InChI=1S/C21H15O6.3Rf/c1-25-19-7-13-10(4-16(19)22)14-8-20(26-2)18(24)6-12(14)15-9-21(27-3)17(23)5-11(13)15;;;/h4-9,22-24H,1-3H2;;;/q-3;;;. The van der Waals surface area contributed by atoms with Gasteiger partial charge < -0.3 is 29.5 Å². The van der Waals surface area contributed by atoms with Gasteiger partial charge in [-0.2, -0.15) is 21.3 Å². The van der Waals surface area contributed by atoms with E-state index in [1.807, 2.05) is 0 Å². The Bertz CT molecular complexity index is 1040. The number of rotatable bonds is 3. The summed E-state index contributed by atoms with van der Waals surface area (Å²) in [5, 5.41) is 34.7. The van der Waals surface area contributed by atoms with E-state index in [-0.39, 0.29) is 34.5 Å². The zero-order valence-corrected chi connectivity index (χ0v) is 35.5. The van der Waals surface area contributed by atoms with Gasteiger partial charge in [-0.25, -0.2) is 0 Å². The molecule has 0 aliphatic carbocycles. The Kier molecular flexibility index (Phi) is 5.01. The van der Waals surface area contributed by atoms with Crippen LogP contribution in [0.3, 0.4) is 0 Å². The Labute approximate surface area is 154 Å². The average Bonchev–Trinajstić information content (AvgIpc) is 2.67. The summed E-state index contributed by atoms with van der Waals surface area (Å²) in [7, 11) is 10.1. The molecule has 9 heteroatoms. The van der Waals surface area contributed by atoms with Crippen LogP contribution in [0.15, 0.2) is 36.4 Å². The molecule has 4 aromatic carbocycles. The molecule has 144 valence electrons. The van der Waals surface area contributed by atoms with Crippen LogP contribution in [0.4, 0.5) is 0 Å². The molecule has 0 radical (unpaired) electrons. The molecule has 0 bridgehead atoms. The first-order valence-corrected chi connectivity index (χ1v) is 7.86. The first-order valence-electron chi connectivity index (χ1n) is 7.86. The summed E-state index contributed by atoms with van der Waals surface area (Å²) in [6.07, 6.45) is 0. The van der Waals surface area contributed by atoms with Gasteiger partial charge in [0, 0.05) is 0 Å².